The van der Waals surface area contributed by atoms with Crippen molar-refractivity contribution in [2.24, 2.45) is 0 Å². The third-order valence-corrected chi connectivity index (χ3v) is 6.34. The maximum Gasteiger partial charge on any atom is 0.317 e. The molecule has 8 nitrogen and oxygen atoms in total. The number of nitrogens with one attached hydrogen (secondary N) is 1. The number of amides is 2. The Morgan fingerprint density at radius 1 is 1.20 bits per heavy atom. The first-order chi connectivity index (χ1) is 14.7. The van der Waals surface area contributed by atoms with Gasteiger partial charge in [-0.1, -0.05) is 18.2 Å². The van der Waals surface area contributed by atoms with Gasteiger partial charge in [0.15, 0.2) is 11.5 Å². The molecule has 4 heterocycles. The summed E-state index contributed by atoms with van der Waals surface area (Å²) in [5.41, 5.74) is 1.70. The number of benzene rings is 1. The van der Waals surface area contributed by atoms with Crippen LogP contribution in [0.1, 0.15) is 13.8 Å². The highest BCUT2D eigenvalue weighted by Crippen LogP contribution is 2.31. The fraction of sp³-hybridized carbons (Fsp3) is 0.333. The SMILES string of the molecule is CCNC(=O)N1CCN(c2nc3ccccc3c3nnc(-c4cccs4)n23)C[C@H]1C. The van der Waals surface area contributed by atoms with E-state index in [2.05, 4.69) is 37.8 Å². The molecule has 0 aliphatic carbocycles. The molecule has 0 radical (unpaired) electrons. The molecule has 9 heteroatoms. The van der Waals surface area contributed by atoms with Crippen LogP contribution in [0.2, 0.25) is 0 Å². The number of carbonyl (C=O) groups excluding carboxylic acids is 1. The van der Waals surface area contributed by atoms with Crippen molar-refractivity contribution < 1.29 is 4.79 Å². The summed E-state index contributed by atoms with van der Waals surface area (Å²) in [6.45, 7) is 6.67. The van der Waals surface area contributed by atoms with Gasteiger partial charge in [0, 0.05) is 37.6 Å². The minimum Gasteiger partial charge on any atom is -0.338 e. The zero-order valence-corrected chi connectivity index (χ0v) is 17.8. The van der Waals surface area contributed by atoms with E-state index in [1.807, 2.05) is 47.5 Å². The summed E-state index contributed by atoms with van der Waals surface area (Å²) in [5, 5.41) is 15.0. The summed E-state index contributed by atoms with van der Waals surface area (Å²) in [7, 11) is 0. The lowest BCUT2D eigenvalue weighted by Crippen LogP contribution is -2.57. The highest BCUT2D eigenvalue weighted by molar-refractivity contribution is 7.13. The number of piperazine rings is 1. The predicted octanol–water partition coefficient (Wildman–Crippen LogP) is 3.25. The lowest BCUT2D eigenvalue weighted by Gasteiger charge is -2.40. The number of hydrogen-bond acceptors (Lipinski definition) is 6. The van der Waals surface area contributed by atoms with Crippen LogP contribution in [0.25, 0.3) is 27.3 Å². The van der Waals surface area contributed by atoms with Crippen LogP contribution in [0.5, 0.6) is 0 Å². The molecule has 1 aromatic carbocycles. The molecule has 0 spiro atoms. The molecule has 1 aliphatic heterocycles. The summed E-state index contributed by atoms with van der Waals surface area (Å²) in [6, 6.07) is 12.1. The first-order valence-electron chi connectivity index (χ1n) is 10.1. The van der Waals surface area contributed by atoms with Gasteiger partial charge in [-0.2, -0.15) is 0 Å². The van der Waals surface area contributed by atoms with Crippen LogP contribution in [0, 0.1) is 0 Å². The molecule has 0 saturated carbocycles. The lowest BCUT2D eigenvalue weighted by atomic mass is 10.2. The minimum absolute atomic E-state index is 0.00941. The Hall–Kier alpha value is -3.20. The lowest BCUT2D eigenvalue weighted by molar-refractivity contribution is 0.171. The van der Waals surface area contributed by atoms with Gasteiger partial charge in [-0.05, 0) is 37.4 Å². The molecule has 1 aliphatic rings. The van der Waals surface area contributed by atoms with Crippen LogP contribution < -0.4 is 10.2 Å². The van der Waals surface area contributed by atoms with Gasteiger partial charge in [-0.25, -0.2) is 14.2 Å². The van der Waals surface area contributed by atoms with Gasteiger partial charge in [0.05, 0.1) is 10.4 Å². The second kappa shape index (κ2) is 7.56. The largest absolute Gasteiger partial charge is 0.338 e. The molecule has 154 valence electrons. The minimum atomic E-state index is -0.00941. The summed E-state index contributed by atoms with van der Waals surface area (Å²) < 4.78 is 2.06. The zero-order chi connectivity index (χ0) is 20.7. The van der Waals surface area contributed by atoms with E-state index < -0.39 is 0 Å². The Morgan fingerprint density at radius 2 is 2.07 bits per heavy atom. The number of fused-ring (bicyclic) bond motifs is 3. The molecule has 0 bridgehead atoms. The van der Waals surface area contributed by atoms with Crippen molar-refractivity contribution in [1.29, 1.82) is 0 Å². The molecular formula is C21H23N7OS. The van der Waals surface area contributed by atoms with Gasteiger partial charge in [-0.3, -0.25) is 0 Å². The van der Waals surface area contributed by atoms with Crippen molar-refractivity contribution in [3.63, 3.8) is 0 Å². The van der Waals surface area contributed by atoms with Crippen LogP contribution in [0.15, 0.2) is 41.8 Å². The second-order valence-corrected chi connectivity index (χ2v) is 8.36. The molecule has 3 aromatic heterocycles. The molecule has 5 rings (SSSR count). The molecule has 30 heavy (non-hydrogen) atoms. The Labute approximate surface area is 178 Å². The predicted molar refractivity (Wildman–Crippen MR) is 119 cm³/mol. The van der Waals surface area contributed by atoms with Gasteiger partial charge in [-0.15, -0.1) is 21.5 Å². The van der Waals surface area contributed by atoms with Crippen molar-refractivity contribution in [2.75, 3.05) is 31.1 Å². The van der Waals surface area contributed by atoms with Gasteiger partial charge >= 0.3 is 6.03 Å². The molecule has 1 fully saturated rings. The maximum atomic E-state index is 12.4. The van der Waals surface area contributed by atoms with Crippen molar-refractivity contribution in [3.05, 3.63) is 41.8 Å². The topological polar surface area (TPSA) is 78.7 Å². The summed E-state index contributed by atoms with van der Waals surface area (Å²) in [6.07, 6.45) is 0. The number of carbonyl (C=O) groups is 1. The highest BCUT2D eigenvalue weighted by Gasteiger charge is 2.30. The Kier molecular flexibility index (Phi) is 4.74. The first kappa shape index (κ1) is 18.8. The molecule has 1 N–H and O–H groups in total. The Bertz CT molecular complexity index is 1200. The van der Waals surface area contributed by atoms with Crippen molar-refractivity contribution in [1.82, 2.24) is 29.8 Å². The number of para-hydroxylation sites is 1. The fourth-order valence-electron chi connectivity index (χ4n) is 4.04. The summed E-state index contributed by atoms with van der Waals surface area (Å²) >= 11 is 1.64. The summed E-state index contributed by atoms with van der Waals surface area (Å²) in [4.78, 5) is 22.5. The number of anilines is 1. The smallest absolute Gasteiger partial charge is 0.317 e. The van der Waals surface area contributed by atoms with E-state index >= 15 is 0 Å². The standard InChI is InChI=1S/C21H23N7OS/c1-3-22-21(29)27-11-10-26(13-14(27)2)20-23-16-8-5-4-7-15(16)18-24-25-19(28(18)20)17-9-6-12-30-17/h4-9,12,14H,3,10-11,13H2,1-2H3,(H,22,29)/t14-/m1/s1. The van der Waals surface area contributed by atoms with E-state index in [1.165, 1.54) is 0 Å². The number of urea groups is 1. The summed E-state index contributed by atoms with van der Waals surface area (Å²) in [5.74, 6) is 1.62. The van der Waals surface area contributed by atoms with Crippen LogP contribution in [0.3, 0.4) is 0 Å². The molecular weight excluding hydrogens is 398 g/mol. The van der Waals surface area contributed by atoms with E-state index in [1.54, 1.807) is 11.3 Å². The normalized spacial score (nSPS) is 17.1. The van der Waals surface area contributed by atoms with Crippen molar-refractivity contribution >= 4 is 39.9 Å². The van der Waals surface area contributed by atoms with Crippen LogP contribution >= 0.6 is 11.3 Å². The highest BCUT2D eigenvalue weighted by atomic mass is 32.1. The second-order valence-electron chi connectivity index (χ2n) is 7.41. The zero-order valence-electron chi connectivity index (χ0n) is 16.9. The van der Waals surface area contributed by atoms with Gasteiger partial charge in [0.1, 0.15) is 0 Å². The van der Waals surface area contributed by atoms with E-state index in [4.69, 9.17) is 4.98 Å². The molecule has 1 atom stereocenters. The maximum absolute atomic E-state index is 12.4. The molecule has 1 saturated heterocycles. The molecule has 4 aromatic rings. The number of aromatic nitrogens is 4. The Morgan fingerprint density at radius 3 is 2.83 bits per heavy atom. The monoisotopic (exact) mass is 421 g/mol. The first-order valence-corrected chi connectivity index (χ1v) is 11.0. The van der Waals surface area contributed by atoms with Crippen LogP contribution in [-0.2, 0) is 0 Å². The average molecular weight is 422 g/mol. The van der Waals surface area contributed by atoms with Gasteiger partial charge in [0.2, 0.25) is 5.95 Å². The number of rotatable bonds is 3. The van der Waals surface area contributed by atoms with E-state index in [0.717, 1.165) is 33.2 Å². The number of hydrogen-bond donors (Lipinski definition) is 1. The molecule has 2 amide bonds. The van der Waals surface area contributed by atoms with Crippen LogP contribution in [0.4, 0.5) is 10.7 Å². The quantitative estimate of drug-likeness (QED) is 0.549. The van der Waals surface area contributed by atoms with Gasteiger partial charge < -0.3 is 15.1 Å². The van der Waals surface area contributed by atoms with Crippen LogP contribution in [-0.4, -0.2) is 62.7 Å². The fourth-order valence-corrected chi connectivity index (χ4v) is 4.74. The Balaban J connectivity index is 1.61. The van der Waals surface area contributed by atoms with E-state index in [9.17, 15) is 4.79 Å². The van der Waals surface area contributed by atoms with Crippen molar-refractivity contribution in [2.45, 2.75) is 19.9 Å². The average Bonchev–Trinajstić information content (AvgIpc) is 3.43. The van der Waals surface area contributed by atoms with E-state index in [0.29, 0.717) is 26.2 Å². The number of thiophene rings is 1. The molecule has 0 unspecified atom stereocenters. The van der Waals surface area contributed by atoms with Gasteiger partial charge in [0.25, 0.3) is 0 Å². The third kappa shape index (κ3) is 3.06. The number of nitrogens with zero attached hydrogens (tertiary/aromatic N) is 6. The third-order valence-electron chi connectivity index (χ3n) is 5.47. The van der Waals surface area contributed by atoms with Crippen molar-refractivity contribution in [3.8, 4) is 10.7 Å². The van der Waals surface area contributed by atoms with E-state index in [-0.39, 0.29) is 12.1 Å².